The second kappa shape index (κ2) is 5.96. The fraction of sp³-hybridized carbons (Fsp3) is 0.667. The van der Waals surface area contributed by atoms with E-state index in [-0.39, 0.29) is 22.7 Å². The molecule has 0 atom stereocenters. The first kappa shape index (κ1) is 13.9. The van der Waals surface area contributed by atoms with E-state index in [9.17, 15) is 8.42 Å². The van der Waals surface area contributed by atoms with E-state index in [0.29, 0.717) is 6.42 Å². The van der Waals surface area contributed by atoms with Crippen LogP contribution in [0.4, 0.5) is 0 Å². The SMILES string of the molecule is Cn1nnc(Br)c1S(=O)(=O)NCCCN=[N+]=[N-]. The normalized spacial score (nSPS) is 11.2. The van der Waals surface area contributed by atoms with Crippen molar-refractivity contribution in [1.82, 2.24) is 19.7 Å². The van der Waals surface area contributed by atoms with Gasteiger partial charge in [-0.1, -0.05) is 10.3 Å². The zero-order valence-corrected chi connectivity index (χ0v) is 11.3. The molecule has 0 aliphatic rings. The maximum absolute atomic E-state index is 11.8. The molecule has 0 saturated heterocycles. The minimum absolute atomic E-state index is 0.0405. The molecule has 0 saturated carbocycles. The Morgan fingerprint density at radius 2 is 2.35 bits per heavy atom. The highest BCUT2D eigenvalue weighted by molar-refractivity contribution is 9.10. The maximum Gasteiger partial charge on any atom is 0.260 e. The Hall–Kier alpha value is -1.16. The van der Waals surface area contributed by atoms with E-state index >= 15 is 0 Å². The van der Waals surface area contributed by atoms with E-state index in [1.165, 1.54) is 7.05 Å². The van der Waals surface area contributed by atoms with E-state index in [2.05, 4.69) is 41.0 Å². The smallest absolute Gasteiger partial charge is 0.235 e. The van der Waals surface area contributed by atoms with Gasteiger partial charge in [0.2, 0.25) is 5.03 Å². The summed E-state index contributed by atoms with van der Waals surface area (Å²) in [7, 11) is -2.18. The number of nitrogens with one attached hydrogen (secondary N) is 1. The first-order chi connectivity index (χ1) is 7.99. The summed E-state index contributed by atoms with van der Waals surface area (Å²) in [6, 6.07) is 0. The molecule has 11 heteroatoms. The predicted octanol–water partition coefficient (Wildman–Crippen LogP) is 0.556. The number of hydrogen-bond acceptors (Lipinski definition) is 5. The topological polar surface area (TPSA) is 126 Å². The molecule has 0 amide bonds. The molecule has 0 aliphatic carbocycles. The number of azide groups is 1. The molecule has 0 unspecified atom stereocenters. The van der Waals surface area contributed by atoms with Gasteiger partial charge in [0.25, 0.3) is 10.0 Å². The highest BCUT2D eigenvalue weighted by atomic mass is 79.9. The van der Waals surface area contributed by atoms with Gasteiger partial charge in [0.05, 0.1) is 0 Å². The molecule has 1 heterocycles. The van der Waals surface area contributed by atoms with Crippen molar-refractivity contribution in [3.8, 4) is 0 Å². The van der Waals surface area contributed by atoms with Crippen molar-refractivity contribution in [1.29, 1.82) is 0 Å². The number of rotatable bonds is 6. The number of aromatic nitrogens is 3. The highest BCUT2D eigenvalue weighted by Gasteiger charge is 2.22. The van der Waals surface area contributed by atoms with Gasteiger partial charge in [-0.3, -0.25) is 0 Å². The van der Waals surface area contributed by atoms with Crippen molar-refractivity contribution in [2.75, 3.05) is 13.1 Å². The molecule has 17 heavy (non-hydrogen) atoms. The Morgan fingerprint density at radius 1 is 1.65 bits per heavy atom. The van der Waals surface area contributed by atoms with Crippen molar-refractivity contribution in [2.45, 2.75) is 11.4 Å². The van der Waals surface area contributed by atoms with E-state index in [4.69, 9.17) is 5.53 Å². The van der Waals surface area contributed by atoms with Gasteiger partial charge in [0.15, 0.2) is 4.60 Å². The molecule has 9 nitrogen and oxygen atoms in total. The monoisotopic (exact) mass is 323 g/mol. The van der Waals surface area contributed by atoms with Crippen LogP contribution in [0.5, 0.6) is 0 Å². The molecule has 0 fully saturated rings. The van der Waals surface area contributed by atoms with Crippen LogP contribution in [0.2, 0.25) is 0 Å². The summed E-state index contributed by atoms with van der Waals surface area (Å²) in [6.07, 6.45) is 0.423. The standard InChI is InChI=1S/C6H10BrN7O2S/c1-14-6(5(7)11-13-14)17(15,16)10-4-2-3-9-12-8/h10H,2-4H2,1H3. The van der Waals surface area contributed by atoms with Crippen LogP contribution in [0, 0.1) is 0 Å². The highest BCUT2D eigenvalue weighted by Crippen LogP contribution is 2.17. The zero-order valence-electron chi connectivity index (χ0n) is 8.91. The van der Waals surface area contributed by atoms with Crippen LogP contribution in [-0.2, 0) is 17.1 Å². The fourth-order valence-corrected chi connectivity index (χ4v) is 3.24. The third-order valence-electron chi connectivity index (χ3n) is 1.78. The Bertz CT molecular complexity index is 513. The van der Waals surface area contributed by atoms with Gasteiger partial charge in [-0.2, -0.15) is 0 Å². The van der Waals surface area contributed by atoms with Crippen LogP contribution in [0.3, 0.4) is 0 Å². The van der Waals surface area contributed by atoms with Crippen molar-refractivity contribution in [2.24, 2.45) is 12.2 Å². The minimum Gasteiger partial charge on any atom is -0.235 e. The molecule has 94 valence electrons. The molecular formula is C6H10BrN7O2S. The molecular weight excluding hydrogens is 314 g/mol. The first-order valence-electron chi connectivity index (χ1n) is 4.54. The molecule has 0 aromatic carbocycles. The van der Waals surface area contributed by atoms with Gasteiger partial charge in [-0.15, -0.1) is 5.10 Å². The van der Waals surface area contributed by atoms with Gasteiger partial charge in [-0.25, -0.2) is 17.8 Å². The van der Waals surface area contributed by atoms with E-state index < -0.39 is 10.0 Å². The van der Waals surface area contributed by atoms with Crippen LogP contribution in [0.25, 0.3) is 10.4 Å². The van der Waals surface area contributed by atoms with Crippen LogP contribution in [0.15, 0.2) is 14.7 Å². The summed E-state index contributed by atoms with van der Waals surface area (Å²) in [5, 5.41) is 10.4. The summed E-state index contributed by atoms with van der Waals surface area (Å²) in [5.74, 6) is 0. The maximum atomic E-state index is 11.8. The lowest BCUT2D eigenvalue weighted by Crippen LogP contribution is -2.27. The summed E-state index contributed by atoms with van der Waals surface area (Å²) in [4.78, 5) is 2.56. The molecule has 1 rings (SSSR count). The molecule has 1 aromatic rings. The number of hydrogen-bond donors (Lipinski definition) is 1. The van der Waals surface area contributed by atoms with Crippen LogP contribution < -0.4 is 4.72 Å². The number of halogens is 1. The van der Waals surface area contributed by atoms with Crippen LogP contribution >= 0.6 is 15.9 Å². The van der Waals surface area contributed by atoms with Crippen LogP contribution in [-0.4, -0.2) is 36.5 Å². The predicted molar refractivity (Wildman–Crippen MR) is 62.5 cm³/mol. The lowest BCUT2D eigenvalue weighted by molar-refractivity contribution is 0.559. The second-order valence-electron chi connectivity index (χ2n) is 3.01. The average Bonchev–Trinajstić information content (AvgIpc) is 2.58. The Balaban J connectivity index is 2.67. The lowest BCUT2D eigenvalue weighted by atomic mass is 10.4. The second-order valence-corrected chi connectivity index (χ2v) is 5.45. The molecule has 0 spiro atoms. The average molecular weight is 324 g/mol. The molecule has 0 radical (unpaired) electrons. The Kier molecular flexibility index (Phi) is 4.87. The van der Waals surface area contributed by atoms with Crippen molar-refractivity contribution >= 4 is 26.0 Å². The molecule has 0 bridgehead atoms. The zero-order chi connectivity index (χ0) is 12.9. The summed E-state index contributed by atoms with van der Waals surface area (Å²) in [5.41, 5.74) is 8.04. The summed E-state index contributed by atoms with van der Waals surface area (Å²) in [6.45, 7) is 0.419. The third kappa shape index (κ3) is 3.66. The number of sulfonamides is 1. The fourth-order valence-electron chi connectivity index (χ4n) is 1.08. The molecule has 1 N–H and O–H groups in total. The van der Waals surface area contributed by atoms with Gasteiger partial charge in [-0.05, 0) is 27.9 Å². The van der Waals surface area contributed by atoms with Gasteiger partial charge in [0, 0.05) is 25.0 Å². The quantitative estimate of drug-likeness (QED) is 0.355. The van der Waals surface area contributed by atoms with Gasteiger partial charge >= 0.3 is 0 Å². The number of aryl methyl sites for hydroxylation is 1. The first-order valence-corrected chi connectivity index (χ1v) is 6.82. The van der Waals surface area contributed by atoms with Gasteiger partial charge < -0.3 is 0 Å². The number of nitrogens with zero attached hydrogens (tertiary/aromatic N) is 6. The largest absolute Gasteiger partial charge is 0.260 e. The van der Waals surface area contributed by atoms with Crippen LogP contribution in [0.1, 0.15) is 6.42 Å². The third-order valence-corrected chi connectivity index (χ3v) is 4.13. The summed E-state index contributed by atoms with van der Waals surface area (Å²) < 4.78 is 27.3. The van der Waals surface area contributed by atoms with E-state index in [1.54, 1.807) is 0 Å². The van der Waals surface area contributed by atoms with E-state index in [0.717, 1.165) is 4.68 Å². The summed E-state index contributed by atoms with van der Waals surface area (Å²) >= 11 is 3.01. The Labute approximate surface area is 106 Å². The minimum atomic E-state index is -3.66. The molecule has 0 aliphatic heterocycles. The van der Waals surface area contributed by atoms with E-state index in [1.807, 2.05) is 0 Å². The van der Waals surface area contributed by atoms with Gasteiger partial charge in [0.1, 0.15) is 0 Å². The lowest BCUT2D eigenvalue weighted by Gasteiger charge is -2.05. The van der Waals surface area contributed by atoms with Crippen molar-refractivity contribution in [3.05, 3.63) is 15.0 Å². The van der Waals surface area contributed by atoms with Crippen molar-refractivity contribution in [3.63, 3.8) is 0 Å². The molecule has 1 aromatic heterocycles. The van der Waals surface area contributed by atoms with Crippen molar-refractivity contribution < 1.29 is 8.42 Å². The Morgan fingerprint density at radius 3 is 2.88 bits per heavy atom.